The standard InChI is InChI=1S/C11H20N2O3/c1-3-11(4-5-11)7-12-10(16)13-8(2)6-9(14)15/h8H,3-7H2,1-2H3,(H,14,15)(H2,12,13,16). The lowest BCUT2D eigenvalue weighted by Gasteiger charge is -2.16. The second-order valence-electron chi connectivity index (χ2n) is 4.68. The minimum atomic E-state index is -0.903. The van der Waals surface area contributed by atoms with Crippen molar-refractivity contribution in [2.24, 2.45) is 5.41 Å². The summed E-state index contributed by atoms with van der Waals surface area (Å²) in [5, 5.41) is 13.9. The Morgan fingerprint density at radius 3 is 2.50 bits per heavy atom. The summed E-state index contributed by atoms with van der Waals surface area (Å²) in [6.45, 7) is 4.50. The molecule has 92 valence electrons. The summed E-state index contributed by atoms with van der Waals surface area (Å²) in [7, 11) is 0. The number of carbonyl (C=O) groups excluding carboxylic acids is 1. The van der Waals surface area contributed by atoms with Gasteiger partial charge in [0.15, 0.2) is 0 Å². The van der Waals surface area contributed by atoms with Crippen molar-refractivity contribution in [1.82, 2.24) is 10.6 Å². The third kappa shape index (κ3) is 4.08. The van der Waals surface area contributed by atoms with Crippen LogP contribution in [-0.2, 0) is 4.79 Å². The molecule has 1 saturated carbocycles. The van der Waals surface area contributed by atoms with E-state index in [1.807, 2.05) is 0 Å². The monoisotopic (exact) mass is 228 g/mol. The highest BCUT2D eigenvalue weighted by molar-refractivity contribution is 5.75. The molecule has 16 heavy (non-hydrogen) atoms. The first-order chi connectivity index (χ1) is 7.47. The molecule has 1 aliphatic carbocycles. The van der Waals surface area contributed by atoms with Crippen LogP contribution in [0, 0.1) is 5.41 Å². The first kappa shape index (κ1) is 12.8. The fourth-order valence-electron chi connectivity index (χ4n) is 1.69. The van der Waals surface area contributed by atoms with Gasteiger partial charge in [-0.2, -0.15) is 0 Å². The zero-order valence-electron chi connectivity index (χ0n) is 9.88. The van der Waals surface area contributed by atoms with Crippen LogP contribution in [0.25, 0.3) is 0 Å². The maximum atomic E-state index is 11.4. The molecule has 1 atom stereocenters. The Hall–Kier alpha value is -1.26. The van der Waals surface area contributed by atoms with Gasteiger partial charge in [-0.1, -0.05) is 6.92 Å². The molecule has 0 aromatic heterocycles. The van der Waals surface area contributed by atoms with Crippen molar-refractivity contribution in [2.75, 3.05) is 6.54 Å². The molecule has 1 fully saturated rings. The van der Waals surface area contributed by atoms with Crippen molar-refractivity contribution in [3.8, 4) is 0 Å². The Kier molecular flexibility index (Phi) is 4.15. The van der Waals surface area contributed by atoms with Gasteiger partial charge in [0, 0.05) is 12.6 Å². The SMILES string of the molecule is CCC1(CNC(=O)NC(C)CC(=O)O)CC1. The predicted molar refractivity (Wildman–Crippen MR) is 60.2 cm³/mol. The summed E-state index contributed by atoms with van der Waals surface area (Å²) < 4.78 is 0. The van der Waals surface area contributed by atoms with Crippen LogP contribution in [0.3, 0.4) is 0 Å². The maximum absolute atomic E-state index is 11.4. The fraction of sp³-hybridized carbons (Fsp3) is 0.818. The second-order valence-corrected chi connectivity index (χ2v) is 4.68. The van der Waals surface area contributed by atoms with Gasteiger partial charge in [-0.05, 0) is 31.6 Å². The Morgan fingerprint density at radius 2 is 2.06 bits per heavy atom. The minimum Gasteiger partial charge on any atom is -0.481 e. The van der Waals surface area contributed by atoms with E-state index in [4.69, 9.17) is 5.11 Å². The Morgan fingerprint density at radius 1 is 1.44 bits per heavy atom. The van der Waals surface area contributed by atoms with Crippen LogP contribution in [0.5, 0.6) is 0 Å². The van der Waals surface area contributed by atoms with Gasteiger partial charge < -0.3 is 15.7 Å². The van der Waals surface area contributed by atoms with Crippen LogP contribution in [0.15, 0.2) is 0 Å². The molecule has 1 rings (SSSR count). The van der Waals surface area contributed by atoms with Crippen LogP contribution < -0.4 is 10.6 Å². The van der Waals surface area contributed by atoms with Crippen LogP contribution in [0.2, 0.25) is 0 Å². The van der Waals surface area contributed by atoms with E-state index in [1.165, 1.54) is 12.8 Å². The lowest BCUT2D eigenvalue weighted by Crippen LogP contribution is -2.43. The molecule has 5 nitrogen and oxygen atoms in total. The molecule has 0 saturated heterocycles. The van der Waals surface area contributed by atoms with E-state index in [2.05, 4.69) is 17.6 Å². The largest absolute Gasteiger partial charge is 0.481 e. The molecule has 0 aromatic carbocycles. The number of amides is 2. The summed E-state index contributed by atoms with van der Waals surface area (Å²) in [5.74, 6) is -0.903. The zero-order valence-corrected chi connectivity index (χ0v) is 9.88. The quantitative estimate of drug-likeness (QED) is 0.642. The highest BCUT2D eigenvalue weighted by Crippen LogP contribution is 2.47. The summed E-state index contributed by atoms with van der Waals surface area (Å²) >= 11 is 0. The van der Waals surface area contributed by atoms with Crippen molar-refractivity contribution in [3.63, 3.8) is 0 Å². The molecule has 0 radical (unpaired) electrons. The Balaban J connectivity index is 2.18. The molecule has 2 amide bonds. The number of carboxylic acids is 1. The highest BCUT2D eigenvalue weighted by Gasteiger charge is 2.40. The molecule has 0 spiro atoms. The van der Waals surface area contributed by atoms with Crippen LogP contribution in [-0.4, -0.2) is 29.7 Å². The number of nitrogens with one attached hydrogen (secondary N) is 2. The van der Waals surface area contributed by atoms with Crippen molar-refractivity contribution < 1.29 is 14.7 Å². The average Bonchev–Trinajstić information content (AvgIpc) is 2.94. The molecular formula is C11H20N2O3. The van der Waals surface area contributed by atoms with Crippen LogP contribution in [0.1, 0.15) is 39.5 Å². The van der Waals surface area contributed by atoms with Gasteiger partial charge in [-0.15, -0.1) is 0 Å². The third-order valence-electron chi connectivity index (χ3n) is 3.19. The normalized spacial score (nSPS) is 18.6. The van der Waals surface area contributed by atoms with Crippen molar-refractivity contribution in [1.29, 1.82) is 0 Å². The van der Waals surface area contributed by atoms with Gasteiger partial charge in [0.1, 0.15) is 0 Å². The highest BCUT2D eigenvalue weighted by atomic mass is 16.4. The van der Waals surface area contributed by atoms with Gasteiger partial charge in [-0.25, -0.2) is 4.79 Å². The summed E-state index contributed by atoms with van der Waals surface area (Å²) in [4.78, 5) is 21.8. The van der Waals surface area contributed by atoms with E-state index >= 15 is 0 Å². The number of carboxylic acid groups (broad SMARTS) is 1. The minimum absolute atomic E-state index is 0.0493. The number of urea groups is 1. The van der Waals surface area contributed by atoms with E-state index in [0.29, 0.717) is 12.0 Å². The van der Waals surface area contributed by atoms with Crippen LogP contribution in [0.4, 0.5) is 4.79 Å². The zero-order chi connectivity index (χ0) is 12.2. The topological polar surface area (TPSA) is 78.4 Å². The second kappa shape index (κ2) is 5.18. The molecular weight excluding hydrogens is 208 g/mol. The van der Waals surface area contributed by atoms with Crippen molar-refractivity contribution in [2.45, 2.75) is 45.6 Å². The lowest BCUT2D eigenvalue weighted by atomic mass is 10.0. The lowest BCUT2D eigenvalue weighted by molar-refractivity contribution is -0.137. The molecule has 0 bridgehead atoms. The average molecular weight is 228 g/mol. The van der Waals surface area contributed by atoms with Gasteiger partial charge >= 0.3 is 12.0 Å². The number of hydrogen-bond acceptors (Lipinski definition) is 2. The number of rotatable bonds is 6. The first-order valence-electron chi connectivity index (χ1n) is 5.73. The Labute approximate surface area is 95.6 Å². The molecule has 0 aromatic rings. The number of carbonyl (C=O) groups is 2. The summed E-state index contributed by atoms with van der Waals surface area (Å²) in [6, 6.07) is -0.609. The third-order valence-corrected chi connectivity index (χ3v) is 3.19. The molecule has 3 N–H and O–H groups in total. The molecule has 0 aliphatic heterocycles. The maximum Gasteiger partial charge on any atom is 0.315 e. The molecule has 5 heteroatoms. The number of aliphatic carboxylic acids is 1. The van der Waals surface area contributed by atoms with Gasteiger partial charge in [0.2, 0.25) is 0 Å². The number of hydrogen-bond donors (Lipinski definition) is 3. The first-order valence-corrected chi connectivity index (χ1v) is 5.73. The fourth-order valence-corrected chi connectivity index (χ4v) is 1.69. The molecule has 1 unspecified atom stereocenters. The Bertz CT molecular complexity index is 274. The van der Waals surface area contributed by atoms with E-state index in [9.17, 15) is 9.59 Å². The van der Waals surface area contributed by atoms with E-state index in [-0.39, 0.29) is 18.5 Å². The van der Waals surface area contributed by atoms with E-state index < -0.39 is 5.97 Å². The van der Waals surface area contributed by atoms with E-state index in [0.717, 1.165) is 6.42 Å². The van der Waals surface area contributed by atoms with Crippen molar-refractivity contribution in [3.05, 3.63) is 0 Å². The molecule has 0 heterocycles. The smallest absolute Gasteiger partial charge is 0.315 e. The summed E-state index contributed by atoms with van der Waals surface area (Å²) in [5.41, 5.74) is 0.313. The predicted octanol–water partition coefficient (Wildman–Crippen LogP) is 1.34. The molecule has 1 aliphatic rings. The van der Waals surface area contributed by atoms with Gasteiger partial charge in [0.25, 0.3) is 0 Å². The van der Waals surface area contributed by atoms with Crippen molar-refractivity contribution >= 4 is 12.0 Å². The van der Waals surface area contributed by atoms with Gasteiger partial charge in [-0.3, -0.25) is 4.79 Å². The summed E-state index contributed by atoms with van der Waals surface area (Å²) in [6.07, 6.45) is 3.38. The van der Waals surface area contributed by atoms with Gasteiger partial charge in [0.05, 0.1) is 6.42 Å². The van der Waals surface area contributed by atoms with Crippen LogP contribution >= 0.6 is 0 Å². The van der Waals surface area contributed by atoms with E-state index in [1.54, 1.807) is 6.92 Å².